The van der Waals surface area contributed by atoms with Crippen LogP contribution in [-0.4, -0.2) is 50.0 Å². The van der Waals surface area contributed by atoms with Crippen LogP contribution in [-0.2, 0) is 32.6 Å². The number of hydrogen-bond acceptors (Lipinski definition) is 4. The molecule has 1 N–H and O–H groups in total. The molecular weight excluding hydrogens is 590 g/mol. The lowest BCUT2D eigenvalue weighted by atomic mass is 10.0. The minimum absolute atomic E-state index is 0.137. The molecule has 3 aromatic rings. The minimum atomic E-state index is -3.80. The maximum absolute atomic E-state index is 14.1. The molecule has 0 radical (unpaired) electrons. The molecule has 2 amide bonds. The highest BCUT2D eigenvalue weighted by Crippen LogP contribution is 2.23. The normalized spacial score (nSPS) is 12.3. The first-order valence-corrected chi connectivity index (χ1v) is 15.9. The van der Waals surface area contributed by atoms with Crippen LogP contribution in [0.2, 0.25) is 0 Å². The number of rotatable bonds is 12. The molecule has 0 unspecified atom stereocenters. The van der Waals surface area contributed by atoms with Crippen molar-refractivity contribution in [2.45, 2.75) is 58.7 Å². The van der Waals surface area contributed by atoms with Crippen molar-refractivity contribution >= 4 is 43.5 Å². The summed E-state index contributed by atoms with van der Waals surface area (Å²) in [5.41, 5.74) is 3.17. The molecule has 7 nitrogen and oxygen atoms in total. The van der Waals surface area contributed by atoms with Gasteiger partial charge in [0, 0.05) is 23.5 Å². The van der Waals surface area contributed by atoms with E-state index in [0.29, 0.717) is 5.69 Å². The maximum Gasteiger partial charge on any atom is 0.244 e. The number of hydrogen-bond donors (Lipinski definition) is 1. The zero-order valence-corrected chi connectivity index (χ0v) is 26.1. The first-order chi connectivity index (χ1) is 18.8. The fraction of sp³-hybridized carbons (Fsp3) is 0.355. The molecule has 0 heterocycles. The van der Waals surface area contributed by atoms with Crippen LogP contribution < -0.4 is 9.62 Å². The molecule has 9 heteroatoms. The predicted octanol–water partition coefficient (Wildman–Crippen LogP) is 5.50. The molecule has 214 valence electrons. The van der Waals surface area contributed by atoms with E-state index in [1.807, 2.05) is 80.6 Å². The number of halogens is 1. The van der Waals surface area contributed by atoms with E-state index in [2.05, 4.69) is 35.1 Å². The van der Waals surface area contributed by atoms with Crippen LogP contribution in [0.4, 0.5) is 5.69 Å². The zero-order valence-electron chi connectivity index (χ0n) is 23.7. The number of anilines is 1. The molecule has 1 atom stereocenters. The average Bonchev–Trinajstić information content (AvgIpc) is 2.89. The van der Waals surface area contributed by atoms with E-state index >= 15 is 0 Å². The van der Waals surface area contributed by atoms with Gasteiger partial charge in [0.1, 0.15) is 12.6 Å². The summed E-state index contributed by atoms with van der Waals surface area (Å²) in [7, 11) is -3.80. The lowest BCUT2D eigenvalue weighted by Gasteiger charge is -2.34. The van der Waals surface area contributed by atoms with Crippen molar-refractivity contribution in [3.05, 3.63) is 100 Å². The summed E-state index contributed by atoms with van der Waals surface area (Å²) in [6, 6.07) is 23.2. The molecule has 0 bridgehead atoms. The van der Waals surface area contributed by atoms with Crippen molar-refractivity contribution < 1.29 is 18.0 Å². The molecule has 0 saturated carbocycles. The van der Waals surface area contributed by atoms with Crippen molar-refractivity contribution in [2.75, 3.05) is 17.1 Å². The van der Waals surface area contributed by atoms with E-state index in [1.165, 1.54) is 4.90 Å². The molecule has 0 saturated heterocycles. The third kappa shape index (κ3) is 8.93. The van der Waals surface area contributed by atoms with Crippen molar-refractivity contribution in [2.24, 2.45) is 0 Å². The van der Waals surface area contributed by atoms with Gasteiger partial charge in [-0.15, -0.1) is 0 Å². The second-order valence-corrected chi connectivity index (χ2v) is 13.4. The Morgan fingerprint density at radius 1 is 0.850 bits per heavy atom. The van der Waals surface area contributed by atoms with Crippen LogP contribution in [0.15, 0.2) is 83.3 Å². The Morgan fingerprint density at radius 3 is 1.98 bits per heavy atom. The van der Waals surface area contributed by atoms with E-state index in [1.54, 1.807) is 12.1 Å². The molecule has 40 heavy (non-hydrogen) atoms. The Labute approximate surface area is 246 Å². The Morgan fingerprint density at radius 2 is 1.45 bits per heavy atom. The third-order valence-electron chi connectivity index (χ3n) is 6.50. The summed E-state index contributed by atoms with van der Waals surface area (Å²) in [5, 5.41) is 2.95. The van der Waals surface area contributed by atoms with Gasteiger partial charge in [0.2, 0.25) is 21.8 Å². The van der Waals surface area contributed by atoms with Gasteiger partial charge in [-0.05, 0) is 60.7 Å². The SMILES string of the molecule is CC(C)NC(=O)[C@@H](Cc1ccccc1)N(Cc1ccc(Br)cc1)C(=O)CN(c1ccc(C(C)C)cc1)S(C)(=O)=O. The second-order valence-electron chi connectivity index (χ2n) is 10.5. The highest BCUT2D eigenvalue weighted by molar-refractivity contribution is 9.10. The summed E-state index contributed by atoms with van der Waals surface area (Å²) in [6.45, 7) is 7.55. The first kappa shape index (κ1) is 31.4. The second kappa shape index (κ2) is 13.9. The van der Waals surface area contributed by atoms with Crippen molar-refractivity contribution in [1.29, 1.82) is 0 Å². The van der Waals surface area contributed by atoms with Crippen LogP contribution in [0.1, 0.15) is 50.3 Å². The highest BCUT2D eigenvalue weighted by atomic mass is 79.9. The molecular formula is C31H38BrN3O4S. The van der Waals surface area contributed by atoms with Gasteiger partial charge in [0.15, 0.2) is 0 Å². The Balaban J connectivity index is 2.03. The van der Waals surface area contributed by atoms with Gasteiger partial charge >= 0.3 is 0 Å². The summed E-state index contributed by atoms with van der Waals surface area (Å²) in [6.07, 6.45) is 1.37. The standard InChI is InChI=1S/C31H38BrN3O4S/c1-22(2)26-13-17-28(18-14-26)35(40(5,38)39)21-30(36)34(20-25-11-15-27(32)16-12-25)29(31(37)33-23(3)4)19-24-9-7-6-8-10-24/h6-18,22-23,29H,19-21H2,1-5H3,(H,33,37)/t29-/m1/s1. The van der Waals surface area contributed by atoms with Gasteiger partial charge in [-0.1, -0.05) is 84.4 Å². The number of sulfonamides is 1. The van der Waals surface area contributed by atoms with Crippen LogP contribution in [0, 0.1) is 0 Å². The van der Waals surface area contributed by atoms with E-state index < -0.39 is 28.5 Å². The Kier molecular flexibility index (Phi) is 10.9. The van der Waals surface area contributed by atoms with Crippen LogP contribution in [0.3, 0.4) is 0 Å². The molecule has 0 aliphatic rings. The van der Waals surface area contributed by atoms with Gasteiger partial charge in [-0.2, -0.15) is 0 Å². The van der Waals surface area contributed by atoms with Gasteiger partial charge in [0.05, 0.1) is 11.9 Å². The fourth-order valence-electron chi connectivity index (χ4n) is 4.36. The largest absolute Gasteiger partial charge is 0.352 e. The predicted molar refractivity (Wildman–Crippen MR) is 165 cm³/mol. The monoisotopic (exact) mass is 627 g/mol. The number of amides is 2. The number of carbonyl (C=O) groups is 2. The third-order valence-corrected chi connectivity index (χ3v) is 8.16. The summed E-state index contributed by atoms with van der Waals surface area (Å²) in [4.78, 5) is 29.1. The van der Waals surface area contributed by atoms with E-state index in [-0.39, 0.29) is 30.8 Å². The Hall–Kier alpha value is -3.17. The molecule has 3 rings (SSSR count). The fourth-order valence-corrected chi connectivity index (χ4v) is 5.47. The lowest BCUT2D eigenvalue weighted by molar-refractivity contribution is -0.140. The molecule has 0 aliphatic carbocycles. The molecule has 3 aromatic carbocycles. The number of benzene rings is 3. The van der Waals surface area contributed by atoms with Crippen molar-refractivity contribution in [3.63, 3.8) is 0 Å². The van der Waals surface area contributed by atoms with Crippen LogP contribution in [0.25, 0.3) is 0 Å². The van der Waals surface area contributed by atoms with Gasteiger partial charge < -0.3 is 10.2 Å². The molecule has 0 fully saturated rings. The summed E-state index contributed by atoms with van der Waals surface area (Å²) in [5.74, 6) is -0.486. The van der Waals surface area contributed by atoms with E-state index in [0.717, 1.165) is 31.7 Å². The van der Waals surface area contributed by atoms with Crippen molar-refractivity contribution in [3.8, 4) is 0 Å². The first-order valence-electron chi connectivity index (χ1n) is 13.3. The molecule has 0 aliphatic heterocycles. The topological polar surface area (TPSA) is 86.8 Å². The zero-order chi connectivity index (χ0) is 29.4. The van der Waals surface area contributed by atoms with E-state index in [9.17, 15) is 18.0 Å². The average molecular weight is 629 g/mol. The van der Waals surface area contributed by atoms with Gasteiger partial charge in [-0.3, -0.25) is 13.9 Å². The summed E-state index contributed by atoms with van der Waals surface area (Å²) < 4.78 is 27.8. The number of nitrogens with one attached hydrogen (secondary N) is 1. The molecule has 0 spiro atoms. The molecule has 0 aromatic heterocycles. The van der Waals surface area contributed by atoms with Crippen LogP contribution >= 0.6 is 15.9 Å². The van der Waals surface area contributed by atoms with Crippen molar-refractivity contribution in [1.82, 2.24) is 10.2 Å². The van der Waals surface area contributed by atoms with Crippen LogP contribution in [0.5, 0.6) is 0 Å². The Bertz CT molecular complexity index is 1380. The smallest absolute Gasteiger partial charge is 0.244 e. The number of carbonyl (C=O) groups excluding carboxylic acids is 2. The maximum atomic E-state index is 14.1. The lowest BCUT2D eigenvalue weighted by Crippen LogP contribution is -2.54. The van der Waals surface area contributed by atoms with Gasteiger partial charge in [0.25, 0.3) is 0 Å². The summed E-state index contributed by atoms with van der Waals surface area (Å²) >= 11 is 3.44. The number of nitrogens with zero attached hydrogens (tertiary/aromatic N) is 2. The highest BCUT2D eigenvalue weighted by Gasteiger charge is 2.33. The minimum Gasteiger partial charge on any atom is -0.352 e. The van der Waals surface area contributed by atoms with Gasteiger partial charge in [-0.25, -0.2) is 8.42 Å². The van der Waals surface area contributed by atoms with E-state index in [4.69, 9.17) is 0 Å². The quantitative estimate of drug-likeness (QED) is 0.287.